The van der Waals surface area contributed by atoms with Crippen molar-refractivity contribution in [2.24, 2.45) is 11.8 Å². The van der Waals surface area contributed by atoms with Crippen LogP contribution in [0.1, 0.15) is 58.2 Å². The van der Waals surface area contributed by atoms with Crippen LogP contribution in [-0.2, 0) is 19.5 Å². The Labute approximate surface area is 227 Å². The quantitative estimate of drug-likeness (QED) is 0.148. The molecule has 0 spiro atoms. The molecule has 3 aromatic carbocycles. The third kappa shape index (κ3) is 5.98. The van der Waals surface area contributed by atoms with Crippen LogP contribution < -0.4 is 21.3 Å². The van der Waals surface area contributed by atoms with Crippen molar-refractivity contribution in [3.8, 4) is 5.75 Å². The molecule has 0 saturated carbocycles. The second-order valence-electron chi connectivity index (χ2n) is 10.9. The molecule has 0 amide bonds. The first kappa shape index (κ1) is 27.6. The number of hydrogen-bond acceptors (Lipinski definition) is 6. The number of anilines is 2. The summed E-state index contributed by atoms with van der Waals surface area (Å²) in [6, 6.07) is 17.1. The van der Waals surface area contributed by atoms with Crippen molar-refractivity contribution in [3.63, 3.8) is 0 Å². The minimum atomic E-state index is -0.0701. The topological polar surface area (TPSA) is 88.0 Å². The molecule has 0 fully saturated rings. The number of rotatable bonds is 8. The van der Waals surface area contributed by atoms with Gasteiger partial charge in [0.1, 0.15) is 5.75 Å². The van der Waals surface area contributed by atoms with Gasteiger partial charge in [-0.25, -0.2) is 5.84 Å². The zero-order valence-electron chi connectivity index (χ0n) is 23.4. The SMILES string of the molecule is C=C(O)CC(c1ccc(C)c(CN2Cc3cc(OC)ccc3CC(C)C2)c1)c1ccc(N(C)N)c(N)c1C. The number of allylic oxidation sites excluding steroid dienone is 1. The highest BCUT2D eigenvalue weighted by Crippen LogP contribution is 2.38. The molecule has 5 N–H and O–H groups in total. The van der Waals surface area contributed by atoms with Crippen molar-refractivity contribution in [2.45, 2.75) is 52.6 Å². The van der Waals surface area contributed by atoms with Crippen LogP contribution in [0.5, 0.6) is 5.75 Å². The Bertz CT molecular complexity index is 1320. The van der Waals surface area contributed by atoms with E-state index in [9.17, 15) is 5.11 Å². The average molecular weight is 515 g/mol. The van der Waals surface area contributed by atoms with Gasteiger partial charge in [-0.2, -0.15) is 0 Å². The molecular formula is C32H42N4O2. The van der Waals surface area contributed by atoms with Crippen LogP contribution in [0.3, 0.4) is 0 Å². The van der Waals surface area contributed by atoms with Gasteiger partial charge in [0.25, 0.3) is 0 Å². The number of methoxy groups -OCH3 is 1. The summed E-state index contributed by atoms with van der Waals surface area (Å²) < 4.78 is 5.51. The molecule has 0 radical (unpaired) electrons. The molecule has 1 heterocycles. The highest BCUT2D eigenvalue weighted by Gasteiger charge is 2.23. The lowest BCUT2D eigenvalue weighted by Crippen LogP contribution is -2.27. The van der Waals surface area contributed by atoms with Gasteiger partial charge >= 0.3 is 0 Å². The Hall–Kier alpha value is -3.48. The molecule has 6 heteroatoms. The fourth-order valence-corrected chi connectivity index (χ4v) is 5.76. The van der Waals surface area contributed by atoms with E-state index < -0.39 is 0 Å². The van der Waals surface area contributed by atoms with Crippen LogP contribution in [-0.4, -0.2) is 30.7 Å². The number of aryl methyl sites for hydroxylation is 1. The fourth-order valence-electron chi connectivity index (χ4n) is 5.76. The van der Waals surface area contributed by atoms with E-state index in [2.05, 4.69) is 67.8 Å². The highest BCUT2D eigenvalue weighted by atomic mass is 16.5. The number of nitrogen functional groups attached to an aromatic ring is 1. The predicted molar refractivity (Wildman–Crippen MR) is 158 cm³/mol. The van der Waals surface area contributed by atoms with E-state index in [1.807, 2.05) is 13.0 Å². The maximum Gasteiger partial charge on any atom is 0.119 e. The Kier molecular flexibility index (Phi) is 8.34. The molecule has 0 saturated heterocycles. The van der Waals surface area contributed by atoms with Crippen LogP contribution in [0.4, 0.5) is 11.4 Å². The molecule has 1 aliphatic rings. The number of hydrazine groups is 1. The monoisotopic (exact) mass is 514 g/mol. The van der Waals surface area contributed by atoms with Gasteiger partial charge in [-0.05, 0) is 83.3 Å². The number of benzene rings is 3. The van der Waals surface area contributed by atoms with Crippen molar-refractivity contribution >= 4 is 11.4 Å². The van der Waals surface area contributed by atoms with Crippen LogP contribution in [0.15, 0.2) is 60.9 Å². The van der Waals surface area contributed by atoms with Gasteiger partial charge in [0.15, 0.2) is 0 Å². The van der Waals surface area contributed by atoms with Crippen molar-refractivity contribution in [3.05, 3.63) is 99.8 Å². The van der Waals surface area contributed by atoms with Crippen LogP contribution in [0, 0.1) is 19.8 Å². The molecule has 0 aromatic heterocycles. The van der Waals surface area contributed by atoms with Crippen molar-refractivity contribution in [2.75, 3.05) is 31.4 Å². The van der Waals surface area contributed by atoms with Gasteiger partial charge in [-0.1, -0.05) is 43.8 Å². The summed E-state index contributed by atoms with van der Waals surface area (Å²) in [5, 5.41) is 11.8. The molecule has 38 heavy (non-hydrogen) atoms. The number of aliphatic hydroxyl groups excluding tert-OH is 1. The number of nitrogens with two attached hydrogens (primary N) is 2. The molecule has 0 bridgehead atoms. The van der Waals surface area contributed by atoms with Crippen LogP contribution in [0.2, 0.25) is 0 Å². The Morgan fingerprint density at radius 3 is 2.61 bits per heavy atom. The van der Waals surface area contributed by atoms with E-state index in [0.717, 1.165) is 54.2 Å². The lowest BCUT2D eigenvalue weighted by atomic mass is 9.83. The fraction of sp³-hybridized carbons (Fsp3) is 0.375. The highest BCUT2D eigenvalue weighted by molar-refractivity contribution is 5.72. The Balaban J connectivity index is 1.68. The van der Waals surface area contributed by atoms with E-state index in [1.54, 1.807) is 14.2 Å². The smallest absolute Gasteiger partial charge is 0.119 e. The second-order valence-corrected chi connectivity index (χ2v) is 10.9. The van der Waals surface area contributed by atoms with Gasteiger partial charge in [0, 0.05) is 39.0 Å². The minimum Gasteiger partial charge on any atom is -0.513 e. The zero-order valence-corrected chi connectivity index (χ0v) is 23.4. The van der Waals surface area contributed by atoms with E-state index >= 15 is 0 Å². The lowest BCUT2D eigenvalue weighted by molar-refractivity contribution is 0.229. The third-order valence-electron chi connectivity index (χ3n) is 7.84. The summed E-state index contributed by atoms with van der Waals surface area (Å²) in [5.74, 6) is 7.53. The van der Waals surface area contributed by atoms with E-state index in [1.165, 1.54) is 27.3 Å². The standard InChI is InChI=1S/C32H42N4O2/c1-20-13-24-9-10-28(38-6)16-27(24)19-36(17-20)18-26-15-25(8-7-21(26)2)30(14-22(3)37)29-11-12-31(35(5)34)32(33)23(29)4/h7-12,15-16,20,30,37H,3,13-14,17-19,33-34H2,1-2,4-6H3. The van der Waals surface area contributed by atoms with E-state index in [0.29, 0.717) is 18.0 Å². The number of fused-ring (bicyclic) bond motifs is 1. The first-order valence-corrected chi connectivity index (χ1v) is 13.3. The van der Waals surface area contributed by atoms with Gasteiger partial charge in [0.05, 0.1) is 24.2 Å². The summed E-state index contributed by atoms with van der Waals surface area (Å²) in [4.78, 5) is 2.54. The normalized spacial score (nSPS) is 16.4. The molecule has 0 aliphatic carbocycles. The summed E-state index contributed by atoms with van der Waals surface area (Å²) in [5.41, 5.74) is 16.4. The van der Waals surface area contributed by atoms with Gasteiger partial charge in [-0.3, -0.25) is 4.90 Å². The lowest BCUT2D eigenvalue weighted by Gasteiger charge is -2.26. The maximum absolute atomic E-state index is 10.3. The predicted octanol–water partition coefficient (Wildman–Crippen LogP) is 5.99. The first-order valence-electron chi connectivity index (χ1n) is 13.3. The molecule has 2 atom stereocenters. The number of ether oxygens (including phenoxy) is 1. The largest absolute Gasteiger partial charge is 0.513 e. The number of hydrogen-bond donors (Lipinski definition) is 3. The van der Waals surface area contributed by atoms with Gasteiger partial charge in [-0.15, -0.1) is 0 Å². The summed E-state index contributed by atoms with van der Waals surface area (Å²) in [6.45, 7) is 13.1. The maximum atomic E-state index is 10.3. The van der Waals surface area contributed by atoms with Crippen molar-refractivity contribution in [1.82, 2.24) is 4.90 Å². The zero-order chi connectivity index (χ0) is 27.6. The van der Waals surface area contributed by atoms with Crippen molar-refractivity contribution in [1.29, 1.82) is 0 Å². The third-order valence-corrected chi connectivity index (χ3v) is 7.84. The molecular weight excluding hydrogens is 472 g/mol. The van der Waals surface area contributed by atoms with Crippen molar-refractivity contribution < 1.29 is 9.84 Å². The van der Waals surface area contributed by atoms with E-state index in [-0.39, 0.29) is 11.7 Å². The Morgan fingerprint density at radius 2 is 1.92 bits per heavy atom. The summed E-state index contributed by atoms with van der Waals surface area (Å²) >= 11 is 0. The number of aliphatic hydroxyl groups is 1. The summed E-state index contributed by atoms with van der Waals surface area (Å²) in [7, 11) is 3.50. The van der Waals surface area contributed by atoms with Crippen LogP contribution in [0.25, 0.3) is 0 Å². The minimum absolute atomic E-state index is 0.0701. The molecule has 2 unspecified atom stereocenters. The molecule has 1 aliphatic heterocycles. The van der Waals surface area contributed by atoms with Gasteiger partial charge < -0.3 is 20.6 Å². The number of nitrogens with zero attached hydrogens (tertiary/aromatic N) is 2. The Morgan fingerprint density at radius 1 is 1.16 bits per heavy atom. The average Bonchev–Trinajstić information content (AvgIpc) is 3.02. The molecule has 6 nitrogen and oxygen atoms in total. The second kappa shape index (κ2) is 11.5. The van der Waals surface area contributed by atoms with Gasteiger partial charge in [0.2, 0.25) is 0 Å². The summed E-state index contributed by atoms with van der Waals surface area (Å²) in [6.07, 6.45) is 1.50. The molecule has 4 rings (SSSR count). The molecule has 3 aromatic rings. The first-order chi connectivity index (χ1) is 18.1. The molecule has 202 valence electrons. The van der Waals surface area contributed by atoms with E-state index in [4.69, 9.17) is 16.3 Å². The van der Waals surface area contributed by atoms with Crippen LogP contribution >= 0.6 is 0 Å².